The minimum Gasteiger partial charge on any atom is -0.481 e. The summed E-state index contributed by atoms with van der Waals surface area (Å²) in [5, 5.41) is 4.48. The first-order chi connectivity index (χ1) is 12.3. The number of methoxy groups -OCH3 is 1. The molecule has 25 heavy (non-hydrogen) atoms. The molecule has 0 aromatic carbocycles. The van der Waals surface area contributed by atoms with Crippen LogP contribution >= 0.6 is 0 Å². The molecule has 0 bridgehead atoms. The molecule has 1 aliphatic carbocycles. The summed E-state index contributed by atoms with van der Waals surface area (Å²) in [7, 11) is 3.71. The third kappa shape index (κ3) is 3.55. The van der Waals surface area contributed by atoms with Crippen LogP contribution in [0.2, 0.25) is 0 Å². The average molecular weight is 342 g/mol. The third-order valence-corrected chi connectivity index (χ3v) is 5.23. The lowest BCUT2D eigenvalue weighted by molar-refractivity contribution is 0.0409. The van der Waals surface area contributed by atoms with Crippen LogP contribution in [0.5, 0.6) is 5.88 Å². The monoisotopic (exact) mass is 342 g/mol. The van der Waals surface area contributed by atoms with E-state index >= 15 is 0 Å². The topological polar surface area (TPSA) is 52.4 Å². The molecule has 2 aromatic rings. The highest BCUT2D eigenvalue weighted by Gasteiger charge is 2.32. The number of rotatable bonds is 7. The maximum Gasteiger partial charge on any atom is 0.217 e. The highest BCUT2D eigenvalue weighted by molar-refractivity contribution is 5.28. The molecule has 1 saturated carbocycles. The van der Waals surface area contributed by atoms with Gasteiger partial charge in [0.15, 0.2) is 0 Å². The predicted octanol–water partition coefficient (Wildman–Crippen LogP) is 2.35. The summed E-state index contributed by atoms with van der Waals surface area (Å²) in [6.07, 6.45) is 7.43. The Balaban J connectivity index is 1.55. The average Bonchev–Trinajstić information content (AvgIpc) is 3.38. The molecule has 4 rings (SSSR count). The van der Waals surface area contributed by atoms with Crippen LogP contribution in [0.4, 0.5) is 0 Å². The van der Waals surface area contributed by atoms with Crippen molar-refractivity contribution >= 4 is 0 Å². The van der Waals surface area contributed by atoms with Crippen LogP contribution in [-0.2, 0) is 24.8 Å². The van der Waals surface area contributed by atoms with Gasteiger partial charge in [0, 0.05) is 38.5 Å². The van der Waals surface area contributed by atoms with Crippen molar-refractivity contribution in [3.63, 3.8) is 0 Å². The van der Waals surface area contributed by atoms with E-state index < -0.39 is 0 Å². The summed E-state index contributed by atoms with van der Waals surface area (Å²) in [5.41, 5.74) is 3.74. The Morgan fingerprint density at radius 1 is 1.28 bits per heavy atom. The van der Waals surface area contributed by atoms with Gasteiger partial charge < -0.3 is 9.47 Å². The summed E-state index contributed by atoms with van der Waals surface area (Å²) in [4.78, 5) is 6.80. The highest BCUT2D eigenvalue weighted by Crippen LogP contribution is 2.33. The van der Waals surface area contributed by atoms with Gasteiger partial charge >= 0.3 is 0 Å². The van der Waals surface area contributed by atoms with Crippen molar-refractivity contribution in [1.29, 1.82) is 0 Å². The largest absolute Gasteiger partial charge is 0.481 e. The number of ether oxygens (including phenoxy) is 2. The van der Waals surface area contributed by atoms with Gasteiger partial charge in [-0.25, -0.2) is 4.98 Å². The van der Waals surface area contributed by atoms with Crippen LogP contribution in [0.3, 0.4) is 0 Å². The van der Waals surface area contributed by atoms with Crippen molar-refractivity contribution in [3.8, 4) is 5.88 Å². The van der Waals surface area contributed by atoms with Crippen LogP contribution in [0.25, 0.3) is 0 Å². The van der Waals surface area contributed by atoms with E-state index in [9.17, 15) is 0 Å². The molecule has 0 radical (unpaired) electrons. The zero-order valence-corrected chi connectivity index (χ0v) is 15.0. The van der Waals surface area contributed by atoms with Gasteiger partial charge in [-0.05, 0) is 36.8 Å². The number of fused-ring (bicyclic) bond motifs is 1. The van der Waals surface area contributed by atoms with E-state index in [1.54, 1.807) is 13.3 Å². The van der Waals surface area contributed by atoms with Crippen LogP contribution in [0.15, 0.2) is 24.5 Å². The minimum absolute atomic E-state index is 0.222. The van der Waals surface area contributed by atoms with Gasteiger partial charge in [-0.3, -0.25) is 9.58 Å². The molecule has 6 nitrogen and oxygen atoms in total. The zero-order valence-electron chi connectivity index (χ0n) is 15.0. The predicted molar refractivity (Wildman–Crippen MR) is 94.4 cm³/mol. The third-order valence-electron chi connectivity index (χ3n) is 5.23. The second-order valence-electron chi connectivity index (χ2n) is 7.07. The Hall–Kier alpha value is -1.92. The van der Waals surface area contributed by atoms with Gasteiger partial charge in [0.25, 0.3) is 0 Å². The molecule has 134 valence electrons. The van der Waals surface area contributed by atoms with E-state index in [4.69, 9.17) is 9.47 Å². The van der Waals surface area contributed by atoms with Crippen molar-refractivity contribution in [2.45, 2.75) is 31.8 Å². The van der Waals surface area contributed by atoms with Gasteiger partial charge in [0.2, 0.25) is 5.88 Å². The van der Waals surface area contributed by atoms with E-state index in [0.29, 0.717) is 12.5 Å². The molecule has 0 amide bonds. The zero-order chi connectivity index (χ0) is 17.2. The lowest BCUT2D eigenvalue weighted by Gasteiger charge is -2.36. The molecular weight excluding hydrogens is 316 g/mol. The maximum atomic E-state index is 6.07. The molecular formula is C19H26N4O2. The van der Waals surface area contributed by atoms with Crippen molar-refractivity contribution in [3.05, 3.63) is 41.3 Å². The van der Waals surface area contributed by atoms with Crippen molar-refractivity contribution in [2.75, 3.05) is 26.9 Å². The Kier molecular flexibility index (Phi) is 4.72. The van der Waals surface area contributed by atoms with Crippen molar-refractivity contribution in [2.24, 2.45) is 13.0 Å². The standard InChI is InChI=1S/C19H26N4O2/c1-22-18-15(10-21-22)7-9-23(17(18)13-25-12-14-5-6-14)11-16-4-3-8-20-19(16)24-2/h3-4,8,10,14,17H,5-7,9,11-13H2,1-2H3/t17-/m0/s1. The normalized spacial score (nSPS) is 20.5. The summed E-state index contributed by atoms with van der Waals surface area (Å²) >= 11 is 0. The quantitative estimate of drug-likeness (QED) is 0.773. The highest BCUT2D eigenvalue weighted by atomic mass is 16.5. The molecule has 2 aliphatic rings. The van der Waals surface area contributed by atoms with E-state index in [-0.39, 0.29) is 6.04 Å². The molecule has 0 unspecified atom stereocenters. The Labute approximate surface area is 148 Å². The number of hydrogen-bond acceptors (Lipinski definition) is 5. The number of nitrogens with zero attached hydrogens (tertiary/aromatic N) is 4. The fourth-order valence-electron chi connectivity index (χ4n) is 3.66. The molecule has 1 aliphatic heterocycles. The van der Waals surface area contributed by atoms with Crippen LogP contribution < -0.4 is 4.74 Å². The Morgan fingerprint density at radius 2 is 2.16 bits per heavy atom. The molecule has 3 heterocycles. The summed E-state index contributed by atoms with van der Waals surface area (Å²) in [6.45, 7) is 3.40. The van der Waals surface area contributed by atoms with E-state index in [0.717, 1.165) is 37.6 Å². The fraction of sp³-hybridized carbons (Fsp3) is 0.579. The van der Waals surface area contributed by atoms with Gasteiger partial charge in [-0.15, -0.1) is 0 Å². The first-order valence-corrected chi connectivity index (χ1v) is 9.06. The Bertz CT molecular complexity index is 726. The maximum absolute atomic E-state index is 6.07. The number of aryl methyl sites for hydroxylation is 1. The van der Waals surface area contributed by atoms with Crippen LogP contribution in [-0.4, -0.2) is 46.5 Å². The molecule has 0 spiro atoms. The van der Waals surface area contributed by atoms with Gasteiger partial charge in [0.1, 0.15) is 0 Å². The van der Waals surface area contributed by atoms with Gasteiger partial charge in [-0.1, -0.05) is 6.07 Å². The summed E-state index contributed by atoms with van der Waals surface area (Å²) in [5.74, 6) is 1.48. The lowest BCUT2D eigenvalue weighted by Crippen LogP contribution is -2.38. The van der Waals surface area contributed by atoms with Crippen molar-refractivity contribution < 1.29 is 9.47 Å². The summed E-state index contributed by atoms with van der Waals surface area (Å²) < 4.78 is 13.5. The molecule has 1 atom stereocenters. The second-order valence-corrected chi connectivity index (χ2v) is 7.07. The minimum atomic E-state index is 0.222. The summed E-state index contributed by atoms with van der Waals surface area (Å²) in [6, 6.07) is 4.28. The lowest BCUT2D eigenvalue weighted by atomic mass is 9.99. The molecule has 0 saturated heterocycles. The first-order valence-electron chi connectivity index (χ1n) is 9.06. The first kappa shape index (κ1) is 16.5. The van der Waals surface area contributed by atoms with E-state index in [1.165, 1.54) is 24.1 Å². The molecule has 0 N–H and O–H groups in total. The van der Waals surface area contributed by atoms with Crippen LogP contribution in [0, 0.1) is 5.92 Å². The smallest absolute Gasteiger partial charge is 0.217 e. The number of aromatic nitrogens is 3. The van der Waals surface area contributed by atoms with Crippen molar-refractivity contribution in [1.82, 2.24) is 19.7 Å². The van der Waals surface area contributed by atoms with E-state index in [1.807, 2.05) is 24.0 Å². The van der Waals surface area contributed by atoms with Gasteiger partial charge in [-0.2, -0.15) is 5.10 Å². The number of hydrogen-bond donors (Lipinski definition) is 0. The second kappa shape index (κ2) is 7.14. The SMILES string of the molecule is COc1ncccc1CN1CCc2cnn(C)c2[C@@H]1COCC1CC1. The fourth-order valence-corrected chi connectivity index (χ4v) is 3.66. The van der Waals surface area contributed by atoms with E-state index in [2.05, 4.69) is 21.0 Å². The molecule has 6 heteroatoms. The van der Waals surface area contributed by atoms with Gasteiger partial charge in [0.05, 0.1) is 31.6 Å². The Morgan fingerprint density at radius 3 is 2.96 bits per heavy atom. The number of pyridine rings is 1. The van der Waals surface area contributed by atoms with Crippen LogP contribution in [0.1, 0.15) is 35.7 Å². The molecule has 1 fully saturated rings. The molecule has 2 aromatic heterocycles.